The van der Waals surface area contributed by atoms with E-state index in [0.29, 0.717) is 0 Å². The fraction of sp³-hybridized carbons (Fsp3) is 0.500. The van der Waals surface area contributed by atoms with E-state index in [-0.39, 0.29) is 0 Å². The van der Waals surface area contributed by atoms with Crippen molar-refractivity contribution in [3.8, 4) is 0 Å². The summed E-state index contributed by atoms with van der Waals surface area (Å²) in [5, 5.41) is 8.39. The Morgan fingerprint density at radius 1 is 1.67 bits per heavy atom. The molecule has 0 aromatic heterocycles. The van der Waals surface area contributed by atoms with Gasteiger partial charge in [-0.1, -0.05) is 0 Å². The molecule has 9 heavy (non-hydrogen) atoms. The van der Waals surface area contributed by atoms with Crippen LogP contribution in [-0.2, 0) is 9.53 Å². The number of hydrogen-bond acceptors (Lipinski definition) is 4. The lowest BCUT2D eigenvalue weighted by molar-refractivity contribution is -0.145. The van der Waals surface area contributed by atoms with E-state index in [4.69, 9.17) is 5.11 Å². The molecule has 5 heteroatoms. The van der Waals surface area contributed by atoms with Gasteiger partial charge in [-0.3, -0.25) is 0 Å². The van der Waals surface area contributed by atoms with Gasteiger partial charge in [-0.15, -0.1) is 0 Å². The maximum absolute atomic E-state index is 10.2. The number of rotatable bonds is 1. The summed E-state index contributed by atoms with van der Waals surface area (Å²) in [5.41, 5.74) is 4.44. The van der Waals surface area contributed by atoms with Crippen molar-refractivity contribution in [2.75, 3.05) is 0 Å². The molecule has 0 spiro atoms. The molecule has 0 aromatic rings. The van der Waals surface area contributed by atoms with Gasteiger partial charge in [-0.25, -0.2) is 9.59 Å². The summed E-state index contributed by atoms with van der Waals surface area (Å²) in [5.74, 6) is -1.04. The summed E-state index contributed by atoms with van der Waals surface area (Å²) >= 11 is 0. The van der Waals surface area contributed by atoms with Crippen molar-refractivity contribution in [3.63, 3.8) is 0 Å². The van der Waals surface area contributed by atoms with Gasteiger partial charge >= 0.3 is 12.1 Å². The molecule has 0 radical (unpaired) electrons. The third-order valence-corrected chi connectivity index (χ3v) is 0.542. The first-order valence-corrected chi connectivity index (χ1v) is 2.23. The second-order valence-corrected chi connectivity index (χ2v) is 1.42. The highest BCUT2D eigenvalue weighted by molar-refractivity contribution is 5.85. The van der Waals surface area contributed by atoms with Crippen LogP contribution in [0.5, 0.6) is 0 Å². The zero-order chi connectivity index (χ0) is 7.44. The Hall–Kier alpha value is -1.10. The van der Waals surface area contributed by atoms with Crippen LogP contribution in [0.25, 0.3) is 0 Å². The SMILES string of the molecule is CC(O)C(=O)OC(N)=O. The molecule has 0 heterocycles. The molecule has 52 valence electrons. The van der Waals surface area contributed by atoms with Crippen LogP contribution in [-0.4, -0.2) is 23.3 Å². The number of primary amides is 1. The highest BCUT2D eigenvalue weighted by Gasteiger charge is 2.12. The molecule has 5 nitrogen and oxygen atoms in total. The van der Waals surface area contributed by atoms with E-state index in [1.54, 1.807) is 0 Å². The van der Waals surface area contributed by atoms with Gasteiger partial charge in [0.25, 0.3) is 0 Å². The van der Waals surface area contributed by atoms with E-state index in [0.717, 1.165) is 0 Å². The van der Waals surface area contributed by atoms with E-state index in [1.807, 2.05) is 0 Å². The molecule has 0 aromatic carbocycles. The first kappa shape index (κ1) is 7.90. The minimum atomic E-state index is -1.31. The quantitative estimate of drug-likeness (QED) is 0.354. The number of nitrogens with two attached hydrogens (primary N) is 1. The Morgan fingerprint density at radius 2 is 2.11 bits per heavy atom. The van der Waals surface area contributed by atoms with E-state index >= 15 is 0 Å². The largest absolute Gasteiger partial charge is 0.412 e. The topological polar surface area (TPSA) is 89.6 Å². The third kappa shape index (κ3) is 3.48. The van der Waals surface area contributed by atoms with Crippen molar-refractivity contribution in [1.82, 2.24) is 0 Å². The molecule has 0 aliphatic rings. The van der Waals surface area contributed by atoms with Gasteiger partial charge in [0.2, 0.25) is 0 Å². The Balaban J connectivity index is 3.64. The van der Waals surface area contributed by atoms with Crippen molar-refractivity contribution in [2.45, 2.75) is 13.0 Å². The van der Waals surface area contributed by atoms with Crippen molar-refractivity contribution < 1.29 is 19.4 Å². The summed E-state index contributed by atoms with van der Waals surface area (Å²) in [6.07, 6.45) is -2.52. The van der Waals surface area contributed by atoms with Gasteiger partial charge in [0, 0.05) is 0 Å². The van der Waals surface area contributed by atoms with Crippen molar-refractivity contribution in [1.29, 1.82) is 0 Å². The molecule has 0 fully saturated rings. The summed E-state index contributed by atoms with van der Waals surface area (Å²) in [6, 6.07) is 0. The average Bonchev–Trinajstić information content (AvgIpc) is 1.63. The second kappa shape index (κ2) is 3.03. The normalized spacial score (nSPS) is 12.2. The fourth-order valence-corrected chi connectivity index (χ4v) is 0.184. The van der Waals surface area contributed by atoms with Crippen LogP contribution >= 0.6 is 0 Å². The number of ether oxygens (including phenoxy) is 1. The highest BCUT2D eigenvalue weighted by Crippen LogP contribution is 1.84. The van der Waals surface area contributed by atoms with Crippen LogP contribution in [0.4, 0.5) is 4.79 Å². The van der Waals surface area contributed by atoms with E-state index in [1.165, 1.54) is 6.92 Å². The van der Waals surface area contributed by atoms with E-state index in [9.17, 15) is 9.59 Å². The number of aliphatic hydroxyl groups is 1. The van der Waals surface area contributed by atoms with Gasteiger partial charge in [0.1, 0.15) is 6.10 Å². The van der Waals surface area contributed by atoms with E-state index < -0.39 is 18.2 Å². The molecule has 1 unspecified atom stereocenters. The number of aliphatic hydroxyl groups excluding tert-OH is 1. The van der Waals surface area contributed by atoms with E-state index in [2.05, 4.69) is 10.5 Å². The zero-order valence-corrected chi connectivity index (χ0v) is 4.83. The maximum Gasteiger partial charge on any atom is 0.412 e. The summed E-state index contributed by atoms with van der Waals surface area (Å²) < 4.78 is 3.76. The predicted octanol–water partition coefficient (Wildman–Crippen LogP) is -1.01. The van der Waals surface area contributed by atoms with Crippen LogP contribution in [0.15, 0.2) is 0 Å². The predicted molar refractivity (Wildman–Crippen MR) is 27.4 cm³/mol. The Bertz CT molecular complexity index is 131. The Morgan fingerprint density at radius 3 is 2.22 bits per heavy atom. The lowest BCUT2D eigenvalue weighted by Gasteiger charge is -1.99. The van der Waals surface area contributed by atoms with Crippen molar-refractivity contribution in [2.24, 2.45) is 5.73 Å². The molecular formula is C4H7NO4. The van der Waals surface area contributed by atoms with Crippen LogP contribution in [0.1, 0.15) is 6.92 Å². The number of carbonyl (C=O) groups is 2. The maximum atomic E-state index is 10.2. The fourth-order valence-electron chi connectivity index (χ4n) is 0.184. The summed E-state index contributed by atoms with van der Waals surface area (Å²) in [4.78, 5) is 20.0. The molecule has 0 aliphatic carbocycles. The van der Waals surface area contributed by atoms with Crippen LogP contribution < -0.4 is 5.73 Å². The van der Waals surface area contributed by atoms with Gasteiger partial charge < -0.3 is 15.6 Å². The van der Waals surface area contributed by atoms with Gasteiger partial charge in [0.15, 0.2) is 0 Å². The molecule has 1 amide bonds. The first-order chi connectivity index (χ1) is 4.04. The van der Waals surface area contributed by atoms with Crippen LogP contribution in [0, 0.1) is 0 Å². The zero-order valence-electron chi connectivity index (χ0n) is 4.83. The molecular weight excluding hydrogens is 126 g/mol. The van der Waals surface area contributed by atoms with Gasteiger partial charge in [-0.2, -0.15) is 0 Å². The number of esters is 1. The minimum absolute atomic E-state index is 1.04. The van der Waals surface area contributed by atoms with Crippen LogP contribution in [0.3, 0.4) is 0 Å². The van der Waals surface area contributed by atoms with Gasteiger partial charge in [-0.05, 0) is 6.92 Å². The second-order valence-electron chi connectivity index (χ2n) is 1.42. The Kier molecular flexibility index (Phi) is 2.66. The van der Waals surface area contributed by atoms with Crippen molar-refractivity contribution >= 4 is 12.1 Å². The minimum Gasteiger partial charge on any atom is -0.382 e. The molecule has 0 saturated carbocycles. The molecule has 0 bridgehead atoms. The molecule has 1 atom stereocenters. The summed E-state index contributed by atoms with van der Waals surface area (Å²) in [6.45, 7) is 1.17. The lowest BCUT2D eigenvalue weighted by Crippen LogP contribution is -2.25. The molecule has 0 rings (SSSR count). The van der Waals surface area contributed by atoms with Gasteiger partial charge in [0.05, 0.1) is 0 Å². The smallest absolute Gasteiger partial charge is 0.382 e. The molecule has 0 aliphatic heterocycles. The summed E-state index contributed by atoms with van der Waals surface area (Å²) in [7, 11) is 0. The third-order valence-electron chi connectivity index (χ3n) is 0.542. The standard InChI is InChI=1S/C4H7NO4/c1-2(6)3(7)9-4(5)8/h2,6H,1H3,(H2,5,8). The first-order valence-electron chi connectivity index (χ1n) is 2.23. The van der Waals surface area contributed by atoms with Crippen molar-refractivity contribution in [3.05, 3.63) is 0 Å². The number of hydrogen-bond donors (Lipinski definition) is 2. The average molecular weight is 133 g/mol. The number of carbonyl (C=O) groups excluding carboxylic acids is 2. The molecule has 3 N–H and O–H groups in total. The van der Waals surface area contributed by atoms with Crippen LogP contribution in [0.2, 0.25) is 0 Å². The highest BCUT2D eigenvalue weighted by atomic mass is 16.6. The monoisotopic (exact) mass is 133 g/mol. The Labute approximate surface area is 51.4 Å². The lowest BCUT2D eigenvalue weighted by atomic mass is 10.4. The number of amides is 1. The molecule has 0 saturated heterocycles.